The summed E-state index contributed by atoms with van der Waals surface area (Å²) in [5.74, 6) is 0.497. The fraction of sp³-hybridized carbons (Fsp3) is 0.476. The molecule has 0 fully saturated rings. The van der Waals surface area contributed by atoms with E-state index in [1.54, 1.807) is 6.92 Å². The molecular formula is C21H27N3O3S. The zero-order chi connectivity index (χ0) is 20.1. The molecule has 0 bridgehead atoms. The Kier molecular flexibility index (Phi) is 6.67. The summed E-state index contributed by atoms with van der Waals surface area (Å²) in [7, 11) is 0. The largest absolute Gasteiger partial charge is 0.490 e. The highest BCUT2D eigenvalue weighted by molar-refractivity contribution is 7.13. The topological polar surface area (TPSA) is 65.7 Å². The minimum atomic E-state index is -0.304. The number of nitrogens with zero attached hydrogens (tertiary/aromatic N) is 3. The van der Waals surface area contributed by atoms with Gasteiger partial charge in [0.05, 0.1) is 35.3 Å². The molecule has 7 heteroatoms. The second-order valence-corrected chi connectivity index (χ2v) is 7.77. The summed E-state index contributed by atoms with van der Waals surface area (Å²) in [4.78, 5) is 21.9. The molecule has 0 aromatic carbocycles. The molecule has 0 spiro atoms. The standard InChI is InChI=1S/C21H27N3O3S/c1-5-7-8-12-27-17-10-9-11-24-16(14(3)23-20(17)24)13-18-22-15(4)19(28-18)21(25)26-6-2/h9-11H,5-8,12-13H2,1-4H3. The van der Waals surface area contributed by atoms with E-state index in [-0.39, 0.29) is 5.97 Å². The predicted octanol–water partition coefficient (Wildman–Crippen LogP) is 4.74. The maximum Gasteiger partial charge on any atom is 0.350 e. The lowest BCUT2D eigenvalue weighted by Crippen LogP contribution is -2.03. The minimum absolute atomic E-state index is 0.304. The van der Waals surface area contributed by atoms with Crippen molar-refractivity contribution in [2.24, 2.45) is 0 Å². The van der Waals surface area contributed by atoms with E-state index in [2.05, 4.69) is 16.3 Å². The number of carbonyl (C=O) groups is 1. The number of hydrogen-bond donors (Lipinski definition) is 0. The summed E-state index contributed by atoms with van der Waals surface area (Å²) >= 11 is 1.39. The highest BCUT2D eigenvalue weighted by Gasteiger charge is 2.19. The highest BCUT2D eigenvalue weighted by atomic mass is 32.1. The number of esters is 1. The second-order valence-electron chi connectivity index (χ2n) is 6.68. The van der Waals surface area contributed by atoms with Gasteiger partial charge in [0.25, 0.3) is 0 Å². The van der Waals surface area contributed by atoms with Crippen molar-refractivity contribution in [2.45, 2.75) is 53.4 Å². The van der Waals surface area contributed by atoms with Crippen LogP contribution in [-0.4, -0.2) is 33.6 Å². The van der Waals surface area contributed by atoms with Gasteiger partial charge in [-0.25, -0.2) is 14.8 Å². The normalized spacial score (nSPS) is 11.1. The van der Waals surface area contributed by atoms with Gasteiger partial charge in [0, 0.05) is 12.6 Å². The molecule has 0 aliphatic heterocycles. The van der Waals surface area contributed by atoms with Gasteiger partial charge < -0.3 is 13.9 Å². The number of carbonyl (C=O) groups excluding carboxylic acids is 1. The quantitative estimate of drug-likeness (QED) is 0.383. The fourth-order valence-electron chi connectivity index (χ4n) is 3.12. The third-order valence-electron chi connectivity index (χ3n) is 4.54. The second kappa shape index (κ2) is 9.19. The molecule has 3 aromatic heterocycles. The Labute approximate surface area is 169 Å². The number of rotatable bonds is 9. The molecule has 0 unspecified atom stereocenters. The molecule has 3 rings (SSSR count). The van der Waals surface area contributed by atoms with E-state index < -0.39 is 0 Å². The highest BCUT2D eigenvalue weighted by Crippen LogP contribution is 2.26. The van der Waals surface area contributed by atoms with Crippen LogP contribution in [0.4, 0.5) is 0 Å². The third-order valence-corrected chi connectivity index (χ3v) is 5.68. The predicted molar refractivity (Wildman–Crippen MR) is 111 cm³/mol. The van der Waals surface area contributed by atoms with E-state index in [4.69, 9.17) is 14.5 Å². The third kappa shape index (κ3) is 4.35. The van der Waals surface area contributed by atoms with Gasteiger partial charge in [0.15, 0.2) is 11.4 Å². The van der Waals surface area contributed by atoms with Crippen LogP contribution in [-0.2, 0) is 11.2 Å². The summed E-state index contributed by atoms with van der Waals surface area (Å²) in [6.45, 7) is 8.88. The van der Waals surface area contributed by atoms with Crippen molar-refractivity contribution < 1.29 is 14.3 Å². The number of pyridine rings is 1. The Balaban J connectivity index is 1.85. The molecular weight excluding hydrogens is 374 g/mol. The monoisotopic (exact) mass is 401 g/mol. The van der Waals surface area contributed by atoms with Crippen molar-refractivity contribution in [1.29, 1.82) is 0 Å². The molecule has 150 valence electrons. The first-order valence-corrected chi connectivity index (χ1v) is 10.6. The van der Waals surface area contributed by atoms with Gasteiger partial charge in [-0.2, -0.15) is 0 Å². The molecule has 0 N–H and O–H groups in total. The van der Waals surface area contributed by atoms with Crippen LogP contribution in [0.3, 0.4) is 0 Å². The molecule has 6 nitrogen and oxygen atoms in total. The summed E-state index contributed by atoms with van der Waals surface area (Å²) in [6.07, 6.45) is 5.97. The maximum atomic E-state index is 12.1. The van der Waals surface area contributed by atoms with Crippen molar-refractivity contribution in [3.63, 3.8) is 0 Å². The lowest BCUT2D eigenvalue weighted by Gasteiger charge is -2.07. The van der Waals surface area contributed by atoms with E-state index in [9.17, 15) is 4.79 Å². The van der Waals surface area contributed by atoms with Crippen molar-refractivity contribution in [3.8, 4) is 5.75 Å². The van der Waals surface area contributed by atoms with Crippen LogP contribution < -0.4 is 4.74 Å². The minimum Gasteiger partial charge on any atom is -0.490 e. The molecule has 0 amide bonds. The van der Waals surface area contributed by atoms with Gasteiger partial charge >= 0.3 is 5.97 Å². The first kappa shape index (κ1) is 20.3. The number of aromatic nitrogens is 3. The lowest BCUT2D eigenvalue weighted by molar-refractivity contribution is 0.0531. The van der Waals surface area contributed by atoms with Gasteiger partial charge in [0.2, 0.25) is 0 Å². The Morgan fingerprint density at radius 1 is 1.18 bits per heavy atom. The van der Waals surface area contributed by atoms with E-state index in [0.717, 1.165) is 40.6 Å². The Morgan fingerprint density at radius 3 is 2.75 bits per heavy atom. The molecule has 3 aromatic rings. The molecule has 0 saturated heterocycles. The van der Waals surface area contributed by atoms with Crippen LogP contribution in [0.5, 0.6) is 5.75 Å². The first-order valence-electron chi connectivity index (χ1n) is 9.77. The molecule has 0 saturated carbocycles. The molecule has 3 heterocycles. The van der Waals surface area contributed by atoms with Crippen LogP contribution in [0, 0.1) is 13.8 Å². The van der Waals surface area contributed by atoms with E-state index in [1.165, 1.54) is 17.8 Å². The Morgan fingerprint density at radius 2 is 2.00 bits per heavy atom. The van der Waals surface area contributed by atoms with Crippen LogP contribution >= 0.6 is 11.3 Å². The SMILES string of the molecule is CCCCCOc1cccn2c(Cc3nc(C)c(C(=O)OCC)s3)c(C)nc12. The molecule has 0 aliphatic rings. The van der Waals surface area contributed by atoms with Crippen molar-refractivity contribution >= 4 is 23.0 Å². The fourth-order valence-corrected chi connectivity index (χ4v) is 4.08. The van der Waals surface area contributed by atoms with Crippen LogP contribution in [0.15, 0.2) is 18.3 Å². The summed E-state index contributed by atoms with van der Waals surface area (Å²) < 4.78 is 13.1. The van der Waals surface area contributed by atoms with Crippen LogP contribution in [0.2, 0.25) is 0 Å². The molecule has 0 radical (unpaired) electrons. The Bertz CT molecular complexity index is 961. The van der Waals surface area contributed by atoms with Gasteiger partial charge in [-0.15, -0.1) is 11.3 Å². The van der Waals surface area contributed by atoms with Gasteiger partial charge in [-0.05, 0) is 39.3 Å². The molecule has 0 atom stereocenters. The van der Waals surface area contributed by atoms with E-state index in [1.807, 2.05) is 32.2 Å². The maximum absolute atomic E-state index is 12.1. The molecule has 0 aliphatic carbocycles. The van der Waals surface area contributed by atoms with Crippen LogP contribution in [0.1, 0.15) is 64.9 Å². The van der Waals surface area contributed by atoms with Gasteiger partial charge in [0.1, 0.15) is 4.88 Å². The first-order chi connectivity index (χ1) is 13.5. The van der Waals surface area contributed by atoms with Crippen molar-refractivity contribution in [3.05, 3.63) is 45.3 Å². The number of hydrogen-bond acceptors (Lipinski definition) is 6. The lowest BCUT2D eigenvalue weighted by atomic mass is 10.2. The molecule has 28 heavy (non-hydrogen) atoms. The van der Waals surface area contributed by atoms with Crippen LogP contribution in [0.25, 0.3) is 5.65 Å². The number of thiazole rings is 1. The summed E-state index contributed by atoms with van der Waals surface area (Å²) in [5, 5.41) is 0.875. The number of ether oxygens (including phenoxy) is 2. The van der Waals surface area contributed by atoms with Gasteiger partial charge in [-0.3, -0.25) is 0 Å². The average molecular weight is 402 g/mol. The number of unbranched alkanes of at least 4 members (excludes halogenated alkanes) is 2. The smallest absolute Gasteiger partial charge is 0.350 e. The Hall–Kier alpha value is -2.41. The number of fused-ring (bicyclic) bond motifs is 1. The summed E-state index contributed by atoms with van der Waals surface area (Å²) in [6, 6.07) is 3.94. The van der Waals surface area contributed by atoms with E-state index >= 15 is 0 Å². The van der Waals surface area contributed by atoms with Gasteiger partial charge in [-0.1, -0.05) is 19.8 Å². The zero-order valence-corrected chi connectivity index (χ0v) is 17.8. The zero-order valence-electron chi connectivity index (χ0n) is 16.9. The van der Waals surface area contributed by atoms with Crippen molar-refractivity contribution in [2.75, 3.05) is 13.2 Å². The number of imidazole rings is 1. The van der Waals surface area contributed by atoms with Crippen molar-refractivity contribution in [1.82, 2.24) is 14.4 Å². The summed E-state index contributed by atoms with van der Waals surface area (Å²) in [5.41, 5.74) is 3.53. The van der Waals surface area contributed by atoms with E-state index in [0.29, 0.717) is 30.2 Å². The average Bonchev–Trinajstić information content (AvgIpc) is 3.20. The number of aryl methyl sites for hydroxylation is 2.